The van der Waals surface area contributed by atoms with E-state index in [1.54, 1.807) is 0 Å². The molecule has 0 N–H and O–H groups in total. The molecule has 28 heavy (non-hydrogen) atoms. The first-order chi connectivity index (χ1) is 13.3. The maximum absolute atomic E-state index is 12.7. The van der Waals surface area contributed by atoms with Gasteiger partial charge in [-0.15, -0.1) is 0 Å². The second-order valence-corrected chi connectivity index (χ2v) is 6.85. The molecule has 2 aliphatic heterocycles. The third-order valence-electron chi connectivity index (χ3n) is 5.19. The van der Waals surface area contributed by atoms with Crippen LogP contribution in [0.3, 0.4) is 0 Å². The van der Waals surface area contributed by atoms with Gasteiger partial charge in [-0.05, 0) is 6.42 Å². The standard InChI is InChI=1S/C16H18N6O6/c1-18-13-12(14(25)19(2)15(18)26)21(8-17-13)6-10(23)20-4-3-9(5-20)22-11(24)7-28-16(22)27/h8-9H,3-7H2,1-2H3/t9-/m1/s1. The van der Waals surface area contributed by atoms with Crippen LogP contribution in [0.1, 0.15) is 6.42 Å². The highest BCUT2D eigenvalue weighted by molar-refractivity contribution is 5.98. The van der Waals surface area contributed by atoms with Gasteiger partial charge in [0, 0.05) is 27.2 Å². The smallest absolute Gasteiger partial charge is 0.417 e. The fraction of sp³-hybridized carbons (Fsp3) is 0.500. The van der Waals surface area contributed by atoms with E-state index in [2.05, 4.69) is 4.98 Å². The van der Waals surface area contributed by atoms with Gasteiger partial charge in [-0.3, -0.25) is 23.5 Å². The molecule has 12 nitrogen and oxygen atoms in total. The molecular formula is C16H18N6O6. The Bertz CT molecular complexity index is 1110. The second kappa shape index (κ2) is 6.32. The van der Waals surface area contributed by atoms with E-state index in [1.165, 1.54) is 34.5 Å². The Morgan fingerprint density at radius 1 is 1.21 bits per heavy atom. The van der Waals surface area contributed by atoms with Crippen molar-refractivity contribution in [3.8, 4) is 0 Å². The molecular weight excluding hydrogens is 372 g/mol. The van der Waals surface area contributed by atoms with Crippen LogP contribution in [0.15, 0.2) is 15.9 Å². The fourth-order valence-corrected chi connectivity index (χ4v) is 3.66. The first-order valence-electron chi connectivity index (χ1n) is 8.67. The molecule has 0 saturated carbocycles. The molecule has 3 amide bonds. The summed E-state index contributed by atoms with van der Waals surface area (Å²) in [6, 6.07) is -0.417. The van der Waals surface area contributed by atoms with Crippen LogP contribution in [0.5, 0.6) is 0 Å². The number of likely N-dealkylation sites (tertiary alicyclic amines) is 1. The summed E-state index contributed by atoms with van der Waals surface area (Å²) in [6.07, 6.45) is 1.13. The molecule has 1 atom stereocenters. The third-order valence-corrected chi connectivity index (χ3v) is 5.19. The number of nitrogens with zero attached hydrogens (tertiary/aromatic N) is 6. The van der Waals surface area contributed by atoms with Crippen LogP contribution in [-0.4, -0.2) is 72.1 Å². The highest BCUT2D eigenvalue weighted by Gasteiger charge is 2.41. The van der Waals surface area contributed by atoms with Gasteiger partial charge in [0.2, 0.25) is 5.91 Å². The van der Waals surface area contributed by atoms with Gasteiger partial charge >= 0.3 is 11.8 Å². The molecule has 0 radical (unpaired) electrons. The molecule has 2 aromatic heterocycles. The van der Waals surface area contributed by atoms with Crippen molar-refractivity contribution in [2.24, 2.45) is 14.1 Å². The Hall–Kier alpha value is -3.44. The number of imide groups is 1. The highest BCUT2D eigenvalue weighted by Crippen LogP contribution is 2.20. The van der Waals surface area contributed by atoms with Crippen molar-refractivity contribution < 1.29 is 19.1 Å². The monoisotopic (exact) mass is 390 g/mol. The van der Waals surface area contributed by atoms with Gasteiger partial charge in [-0.25, -0.2) is 19.5 Å². The number of cyclic esters (lactones) is 1. The molecule has 148 valence electrons. The zero-order valence-corrected chi connectivity index (χ0v) is 15.3. The van der Waals surface area contributed by atoms with Gasteiger partial charge in [0.15, 0.2) is 17.8 Å². The Morgan fingerprint density at radius 3 is 2.64 bits per heavy atom. The van der Waals surface area contributed by atoms with Crippen molar-refractivity contribution in [3.63, 3.8) is 0 Å². The maximum Gasteiger partial charge on any atom is 0.417 e. The van der Waals surface area contributed by atoms with Gasteiger partial charge in [0.25, 0.3) is 11.5 Å². The van der Waals surface area contributed by atoms with E-state index in [-0.39, 0.29) is 36.8 Å². The van der Waals surface area contributed by atoms with E-state index in [9.17, 15) is 24.0 Å². The average Bonchev–Trinajstić information content (AvgIpc) is 3.37. The number of fused-ring (bicyclic) bond motifs is 1. The lowest BCUT2D eigenvalue weighted by Crippen LogP contribution is -2.42. The lowest BCUT2D eigenvalue weighted by molar-refractivity contribution is -0.132. The minimum atomic E-state index is -0.686. The molecule has 2 saturated heterocycles. The Morgan fingerprint density at radius 2 is 1.96 bits per heavy atom. The number of aryl methyl sites for hydroxylation is 1. The number of imidazole rings is 1. The topological polar surface area (TPSA) is 129 Å². The van der Waals surface area contributed by atoms with Gasteiger partial charge in [0.05, 0.1) is 12.4 Å². The molecule has 12 heteroatoms. The lowest BCUT2D eigenvalue weighted by atomic mass is 10.2. The highest BCUT2D eigenvalue weighted by atomic mass is 16.6. The summed E-state index contributed by atoms with van der Waals surface area (Å²) < 4.78 is 8.33. The van der Waals surface area contributed by atoms with Gasteiger partial charge in [-0.1, -0.05) is 0 Å². The van der Waals surface area contributed by atoms with E-state index in [0.29, 0.717) is 13.0 Å². The number of aromatic nitrogens is 4. The molecule has 4 rings (SSSR count). The molecule has 0 aliphatic carbocycles. The quantitative estimate of drug-likeness (QED) is 0.593. The molecule has 0 spiro atoms. The number of carbonyl (C=O) groups excluding carboxylic acids is 3. The van der Waals surface area contributed by atoms with Crippen LogP contribution in [0.2, 0.25) is 0 Å². The summed E-state index contributed by atoms with van der Waals surface area (Å²) in [5, 5.41) is 0. The number of hydrogen-bond acceptors (Lipinski definition) is 7. The van der Waals surface area contributed by atoms with Gasteiger partial charge in [-0.2, -0.15) is 0 Å². The average molecular weight is 390 g/mol. The maximum atomic E-state index is 12.7. The number of rotatable bonds is 3. The van der Waals surface area contributed by atoms with Crippen molar-refractivity contribution in [2.45, 2.75) is 19.0 Å². The summed E-state index contributed by atoms with van der Waals surface area (Å²) in [6.45, 7) is 0.174. The first-order valence-corrected chi connectivity index (χ1v) is 8.67. The Labute approximate surface area is 157 Å². The van der Waals surface area contributed by atoms with Crippen LogP contribution >= 0.6 is 0 Å². The molecule has 0 bridgehead atoms. The molecule has 2 fully saturated rings. The minimum Gasteiger partial charge on any atom is -0.439 e. The second-order valence-electron chi connectivity index (χ2n) is 6.85. The zero-order chi connectivity index (χ0) is 20.2. The Balaban J connectivity index is 1.55. The minimum absolute atomic E-state index is 0.144. The fourth-order valence-electron chi connectivity index (χ4n) is 3.66. The predicted molar refractivity (Wildman–Crippen MR) is 93.4 cm³/mol. The van der Waals surface area contributed by atoms with Crippen LogP contribution in [0, 0.1) is 0 Å². The van der Waals surface area contributed by atoms with Gasteiger partial charge < -0.3 is 14.2 Å². The van der Waals surface area contributed by atoms with Crippen molar-refractivity contribution >= 4 is 29.1 Å². The van der Waals surface area contributed by atoms with Crippen LogP contribution < -0.4 is 11.2 Å². The molecule has 0 aromatic carbocycles. The van der Waals surface area contributed by atoms with E-state index < -0.39 is 29.3 Å². The lowest BCUT2D eigenvalue weighted by Gasteiger charge is -2.20. The summed E-state index contributed by atoms with van der Waals surface area (Å²) >= 11 is 0. The van der Waals surface area contributed by atoms with E-state index in [4.69, 9.17) is 4.74 Å². The molecule has 2 aliphatic rings. The summed E-state index contributed by atoms with van der Waals surface area (Å²) in [7, 11) is 2.86. The third kappa shape index (κ3) is 2.60. The molecule has 4 heterocycles. The number of hydrogen-bond donors (Lipinski definition) is 0. The van der Waals surface area contributed by atoms with Crippen molar-refractivity contribution in [3.05, 3.63) is 27.2 Å². The summed E-state index contributed by atoms with van der Waals surface area (Å²) in [5.74, 6) is -0.688. The Kier molecular flexibility index (Phi) is 4.05. The predicted octanol–water partition coefficient (Wildman–Crippen LogP) is -1.99. The molecule has 0 unspecified atom stereocenters. The molecule has 2 aromatic rings. The van der Waals surface area contributed by atoms with E-state index in [1.807, 2.05) is 0 Å². The number of amides is 3. The summed E-state index contributed by atoms with van der Waals surface area (Å²) in [4.78, 5) is 67.3. The zero-order valence-electron chi connectivity index (χ0n) is 15.3. The van der Waals surface area contributed by atoms with Crippen molar-refractivity contribution in [2.75, 3.05) is 19.7 Å². The largest absolute Gasteiger partial charge is 0.439 e. The summed E-state index contributed by atoms with van der Waals surface area (Å²) in [5.41, 5.74) is -0.677. The van der Waals surface area contributed by atoms with E-state index >= 15 is 0 Å². The van der Waals surface area contributed by atoms with Crippen molar-refractivity contribution in [1.82, 2.24) is 28.5 Å². The number of ether oxygens (including phenoxy) is 1. The van der Waals surface area contributed by atoms with Crippen molar-refractivity contribution in [1.29, 1.82) is 0 Å². The SMILES string of the molecule is Cn1c(=O)c2c(ncn2CC(=O)N2CC[C@@H](N3C(=O)COC3=O)C2)n(C)c1=O. The van der Waals surface area contributed by atoms with Gasteiger partial charge in [0.1, 0.15) is 6.54 Å². The first kappa shape index (κ1) is 17.9. The normalized spacial score (nSPS) is 19.7. The van der Waals surface area contributed by atoms with E-state index in [0.717, 1.165) is 9.47 Å². The van der Waals surface area contributed by atoms with Crippen LogP contribution in [0.25, 0.3) is 11.2 Å². The number of carbonyl (C=O) groups is 3. The van der Waals surface area contributed by atoms with Crippen LogP contribution in [0.4, 0.5) is 4.79 Å². The van der Waals surface area contributed by atoms with Crippen LogP contribution in [-0.2, 0) is 35.0 Å².